The predicted octanol–water partition coefficient (Wildman–Crippen LogP) is 1.91. The van der Waals surface area contributed by atoms with Crippen LogP contribution in [0.3, 0.4) is 0 Å². The fourth-order valence-electron chi connectivity index (χ4n) is 2.22. The highest BCUT2D eigenvalue weighted by Crippen LogP contribution is 2.19. The molecular formula is C14H22N2O3S. The number of thiophene rings is 1. The van der Waals surface area contributed by atoms with Crippen LogP contribution < -0.4 is 5.32 Å². The average molecular weight is 298 g/mol. The lowest BCUT2D eigenvalue weighted by atomic mass is 10.1. The van der Waals surface area contributed by atoms with Crippen LogP contribution in [0.5, 0.6) is 0 Å². The van der Waals surface area contributed by atoms with E-state index in [0.717, 1.165) is 0 Å². The van der Waals surface area contributed by atoms with Gasteiger partial charge in [0.05, 0.1) is 25.9 Å². The Morgan fingerprint density at radius 3 is 3.25 bits per heavy atom. The number of hydrogen-bond donors (Lipinski definition) is 1. The number of carbonyl (C=O) groups is 1. The number of urea groups is 1. The monoisotopic (exact) mass is 298 g/mol. The maximum absolute atomic E-state index is 12.1. The average Bonchev–Trinajstić information content (AvgIpc) is 2.99. The normalized spacial score (nSPS) is 20.7. The summed E-state index contributed by atoms with van der Waals surface area (Å²) in [5.41, 5.74) is 0. The number of nitrogens with zero attached hydrogens (tertiary/aromatic N) is 1. The number of carbonyl (C=O) groups excluding carboxylic acids is 1. The van der Waals surface area contributed by atoms with Gasteiger partial charge in [-0.05, 0) is 11.4 Å². The molecule has 1 fully saturated rings. The lowest BCUT2D eigenvalue weighted by Gasteiger charge is -2.32. The molecule has 2 unspecified atom stereocenters. The molecule has 2 rings (SSSR count). The van der Waals surface area contributed by atoms with Crippen molar-refractivity contribution >= 4 is 17.4 Å². The molecule has 20 heavy (non-hydrogen) atoms. The van der Waals surface area contributed by atoms with Gasteiger partial charge in [0.1, 0.15) is 0 Å². The van der Waals surface area contributed by atoms with Crippen LogP contribution in [-0.2, 0) is 9.47 Å². The van der Waals surface area contributed by atoms with E-state index in [0.29, 0.717) is 38.8 Å². The number of hydrogen-bond acceptors (Lipinski definition) is 4. The van der Waals surface area contributed by atoms with Gasteiger partial charge >= 0.3 is 6.03 Å². The highest BCUT2D eigenvalue weighted by molar-refractivity contribution is 7.10. The van der Waals surface area contributed by atoms with E-state index in [1.807, 2.05) is 6.07 Å². The Morgan fingerprint density at radius 2 is 2.55 bits per heavy atom. The first kappa shape index (κ1) is 15.3. The molecular weight excluding hydrogens is 276 g/mol. The molecule has 5 nitrogen and oxygen atoms in total. The fourth-order valence-corrected chi connectivity index (χ4v) is 3.00. The van der Waals surface area contributed by atoms with Crippen LogP contribution in [0.1, 0.15) is 17.7 Å². The number of rotatable bonds is 5. The fraction of sp³-hybridized carbons (Fsp3) is 0.643. The zero-order valence-corrected chi connectivity index (χ0v) is 12.8. The van der Waals surface area contributed by atoms with Crippen LogP contribution in [0.2, 0.25) is 0 Å². The minimum Gasteiger partial charge on any atom is -0.382 e. The summed E-state index contributed by atoms with van der Waals surface area (Å²) in [5, 5.41) is 5.06. The van der Waals surface area contributed by atoms with Crippen molar-refractivity contribution in [2.45, 2.75) is 18.9 Å². The van der Waals surface area contributed by atoms with E-state index in [4.69, 9.17) is 9.47 Å². The van der Waals surface area contributed by atoms with Crippen molar-refractivity contribution < 1.29 is 14.3 Å². The molecule has 112 valence electrons. The van der Waals surface area contributed by atoms with E-state index in [-0.39, 0.29) is 12.1 Å². The van der Waals surface area contributed by atoms with Gasteiger partial charge in [-0.3, -0.25) is 0 Å². The molecule has 0 saturated carbocycles. The Morgan fingerprint density at radius 1 is 1.70 bits per heavy atom. The Balaban J connectivity index is 1.76. The van der Waals surface area contributed by atoms with Crippen molar-refractivity contribution in [3.63, 3.8) is 0 Å². The van der Waals surface area contributed by atoms with Crippen molar-refractivity contribution in [2.24, 2.45) is 0 Å². The number of nitrogens with one attached hydrogen (secondary N) is 1. The Hall–Kier alpha value is -1.11. The summed E-state index contributed by atoms with van der Waals surface area (Å²) < 4.78 is 10.6. The maximum atomic E-state index is 12.1. The Bertz CT molecular complexity index is 409. The standard InChI is InChI=1S/C14H22N2O3S/c1-11(13-4-3-7-20-13)8-15-14(17)16-5-6-19-12(9-16)10-18-2/h3-4,7,11-12H,5-6,8-10H2,1-2H3,(H,15,17). The summed E-state index contributed by atoms with van der Waals surface area (Å²) >= 11 is 1.72. The van der Waals surface area contributed by atoms with E-state index in [2.05, 4.69) is 23.7 Å². The molecule has 2 heterocycles. The van der Waals surface area contributed by atoms with Gasteiger partial charge in [-0.15, -0.1) is 11.3 Å². The molecule has 1 N–H and O–H groups in total. The topological polar surface area (TPSA) is 50.8 Å². The van der Waals surface area contributed by atoms with Crippen molar-refractivity contribution in [3.05, 3.63) is 22.4 Å². The third kappa shape index (κ3) is 4.19. The van der Waals surface area contributed by atoms with Crippen LogP contribution in [0.25, 0.3) is 0 Å². The van der Waals surface area contributed by atoms with Gasteiger partial charge in [0, 0.05) is 31.0 Å². The van der Waals surface area contributed by atoms with Gasteiger partial charge in [-0.25, -0.2) is 4.79 Å². The number of morpholine rings is 1. The molecule has 2 amide bonds. The van der Waals surface area contributed by atoms with Crippen molar-refractivity contribution in [3.8, 4) is 0 Å². The van der Waals surface area contributed by atoms with Crippen LogP contribution in [0, 0.1) is 0 Å². The van der Waals surface area contributed by atoms with Crippen molar-refractivity contribution in [1.82, 2.24) is 10.2 Å². The second-order valence-electron chi connectivity index (χ2n) is 5.00. The van der Waals surface area contributed by atoms with E-state index in [9.17, 15) is 4.79 Å². The highest BCUT2D eigenvalue weighted by atomic mass is 32.1. The smallest absolute Gasteiger partial charge is 0.317 e. The van der Waals surface area contributed by atoms with E-state index < -0.39 is 0 Å². The second kappa shape index (κ2) is 7.61. The van der Waals surface area contributed by atoms with Gasteiger partial charge in [0.2, 0.25) is 0 Å². The Labute approximate surface area is 123 Å². The Kier molecular flexibility index (Phi) is 5.82. The molecule has 0 bridgehead atoms. The molecule has 0 spiro atoms. The van der Waals surface area contributed by atoms with E-state index >= 15 is 0 Å². The van der Waals surface area contributed by atoms with Crippen LogP contribution in [-0.4, -0.2) is 57.0 Å². The van der Waals surface area contributed by atoms with Gasteiger partial charge in [-0.2, -0.15) is 0 Å². The van der Waals surface area contributed by atoms with Gasteiger partial charge < -0.3 is 19.7 Å². The second-order valence-corrected chi connectivity index (χ2v) is 5.98. The molecule has 1 aromatic rings. The molecule has 1 saturated heterocycles. The lowest BCUT2D eigenvalue weighted by Crippen LogP contribution is -2.51. The molecule has 0 aromatic carbocycles. The molecule has 1 aromatic heterocycles. The van der Waals surface area contributed by atoms with E-state index in [1.165, 1.54) is 4.88 Å². The number of amides is 2. The van der Waals surface area contributed by atoms with Crippen molar-refractivity contribution in [2.75, 3.05) is 40.0 Å². The van der Waals surface area contributed by atoms with Gasteiger partial charge in [0.25, 0.3) is 0 Å². The molecule has 2 atom stereocenters. The molecule has 1 aliphatic rings. The zero-order chi connectivity index (χ0) is 14.4. The zero-order valence-electron chi connectivity index (χ0n) is 12.0. The predicted molar refractivity (Wildman–Crippen MR) is 79.3 cm³/mol. The first-order valence-electron chi connectivity index (χ1n) is 6.87. The third-order valence-corrected chi connectivity index (χ3v) is 4.47. The van der Waals surface area contributed by atoms with Crippen LogP contribution in [0.15, 0.2) is 17.5 Å². The van der Waals surface area contributed by atoms with Crippen LogP contribution in [0.4, 0.5) is 4.79 Å². The molecule has 0 radical (unpaired) electrons. The summed E-state index contributed by atoms with van der Waals surface area (Å²) in [4.78, 5) is 15.2. The summed E-state index contributed by atoms with van der Waals surface area (Å²) in [6, 6.07) is 4.12. The maximum Gasteiger partial charge on any atom is 0.317 e. The largest absolute Gasteiger partial charge is 0.382 e. The summed E-state index contributed by atoms with van der Waals surface area (Å²) in [6.07, 6.45) is -0.0192. The molecule has 1 aliphatic heterocycles. The highest BCUT2D eigenvalue weighted by Gasteiger charge is 2.24. The quantitative estimate of drug-likeness (QED) is 0.903. The lowest BCUT2D eigenvalue weighted by molar-refractivity contribution is -0.0494. The number of methoxy groups -OCH3 is 1. The summed E-state index contributed by atoms with van der Waals surface area (Å²) in [7, 11) is 1.64. The molecule has 0 aliphatic carbocycles. The van der Waals surface area contributed by atoms with Gasteiger partial charge in [-0.1, -0.05) is 13.0 Å². The van der Waals surface area contributed by atoms with E-state index in [1.54, 1.807) is 23.3 Å². The third-order valence-electron chi connectivity index (χ3n) is 3.37. The molecule has 6 heteroatoms. The first-order valence-corrected chi connectivity index (χ1v) is 7.75. The summed E-state index contributed by atoms with van der Waals surface area (Å²) in [6.45, 7) is 5.11. The minimum atomic E-state index is -0.0192. The minimum absolute atomic E-state index is 0.0159. The SMILES string of the molecule is COCC1CN(C(=O)NCC(C)c2cccs2)CCO1. The summed E-state index contributed by atoms with van der Waals surface area (Å²) in [5.74, 6) is 0.342. The van der Waals surface area contributed by atoms with Crippen molar-refractivity contribution in [1.29, 1.82) is 0 Å². The van der Waals surface area contributed by atoms with Gasteiger partial charge in [0.15, 0.2) is 0 Å². The van der Waals surface area contributed by atoms with Crippen LogP contribution >= 0.6 is 11.3 Å². The number of ether oxygens (including phenoxy) is 2. The first-order chi connectivity index (χ1) is 9.70.